The number of alkyl carbamates (subject to hydrolysis) is 1. The van der Waals surface area contributed by atoms with E-state index in [1.54, 1.807) is 25.4 Å². The summed E-state index contributed by atoms with van der Waals surface area (Å²) in [6, 6.07) is 3.56. The van der Waals surface area contributed by atoms with Crippen LogP contribution < -0.4 is 10.6 Å². The molecule has 2 rings (SSSR count). The molecule has 0 aromatic carbocycles. The lowest BCUT2D eigenvalue weighted by Crippen LogP contribution is -2.53. The number of nitro groups is 1. The normalized spacial score (nSPS) is 12.4. The molecule has 0 aliphatic heterocycles. The largest absolute Gasteiger partial charge is 0.445 e. The number of nitrogens with zero attached hydrogens (tertiary/aromatic N) is 4. The first-order chi connectivity index (χ1) is 13.2. The lowest BCUT2D eigenvalue weighted by molar-refractivity contribution is -0.392. The molecule has 0 unspecified atom stereocenters. The van der Waals surface area contributed by atoms with Crippen molar-refractivity contribution in [3.8, 4) is 0 Å². The summed E-state index contributed by atoms with van der Waals surface area (Å²) >= 11 is 17.7. The fourth-order valence-electron chi connectivity index (χ4n) is 2.24. The number of aryl methyl sites for hydroxylation is 1. The molecule has 13 heteroatoms. The molecular formula is C15H17Cl3N6O4. The molecule has 0 saturated heterocycles. The van der Waals surface area contributed by atoms with E-state index in [4.69, 9.17) is 39.5 Å². The Morgan fingerprint density at radius 1 is 1.43 bits per heavy atom. The first-order valence-electron chi connectivity index (χ1n) is 7.97. The molecule has 2 aromatic heterocycles. The third-order valence-corrected chi connectivity index (χ3v) is 4.25. The van der Waals surface area contributed by atoms with Gasteiger partial charge < -0.3 is 20.2 Å². The molecule has 1 amide bonds. The van der Waals surface area contributed by atoms with Gasteiger partial charge in [0.15, 0.2) is 5.82 Å². The van der Waals surface area contributed by atoms with Crippen molar-refractivity contribution in [3.05, 3.63) is 52.2 Å². The first-order valence-corrected chi connectivity index (χ1v) is 9.10. The lowest BCUT2D eigenvalue weighted by atomic mass is 10.3. The first kappa shape index (κ1) is 22.2. The van der Waals surface area contributed by atoms with Crippen molar-refractivity contribution in [2.75, 3.05) is 6.61 Å². The number of ether oxygens (including phenoxy) is 1. The Morgan fingerprint density at radius 2 is 2.18 bits per heavy atom. The monoisotopic (exact) mass is 450 g/mol. The van der Waals surface area contributed by atoms with Crippen LogP contribution in [0.15, 0.2) is 30.7 Å². The standard InChI is InChI=1S/C15H17Cl3N6O4/c1-10-20-9-12(24(26)27)23(10)5-6-28-14(25)22-13(15(16,17)18)21-8-11-3-2-4-19-7-11/h2-4,7,9,13,21H,5-6,8H2,1H3,(H,22,25)/t13-/m1/s1. The predicted octanol–water partition coefficient (Wildman–Crippen LogP) is 2.71. The summed E-state index contributed by atoms with van der Waals surface area (Å²) in [5.74, 6) is 0.229. The molecule has 0 aliphatic rings. The van der Waals surface area contributed by atoms with Gasteiger partial charge in [-0.3, -0.25) is 10.3 Å². The van der Waals surface area contributed by atoms with E-state index < -0.39 is 21.0 Å². The zero-order valence-corrected chi connectivity index (χ0v) is 16.9. The highest BCUT2D eigenvalue weighted by Gasteiger charge is 2.34. The SMILES string of the molecule is Cc1ncc([N+](=O)[O-])n1CCOC(=O)N[C@@H](NCc1cccnc1)C(Cl)(Cl)Cl. The molecule has 0 aliphatic carbocycles. The minimum Gasteiger partial charge on any atom is -0.445 e. The summed E-state index contributed by atoms with van der Waals surface area (Å²) < 4.78 is 4.51. The highest BCUT2D eigenvalue weighted by atomic mass is 35.6. The van der Waals surface area contributed by atoms with Crippen LogP contribution in [0.2, 0.25) is 0 Å². The highest BCUT2D eigenvalue weighted by Crippen LogP contribution is 2.29. The van der Waals surface area contributed by atoms with Crippen LogP contribution in [-0.2, 0) is 17.8 Å². The molecule has 0 spiro atoms. The van der Waals surface area contributed by atoms with Crippen molar-refractivity contribution >= 4 is 46.7 Å². The Labute approximate surface area is 175 Å². The molecule has 0 fully saturated rings. The van der Waals surface area contributed by atoms with E-state index in [1.807, 2.05) is 6.07 Å². The molecular weight excluding hydrogens is 435 g/mol. The van der Waals surface area contributed by atoms with Crippen molar-refractivity contribution in [3.63, 3.8) is 0 Å². The van der Waals surface area contributed by atoms with Gasteiger partial charge in [-0.1, -0.05) is 40.9 Å². The number of alkyl halides is 3. The van der Waals surface area contributed by atoms with E-state index in [9.17, 15) is 14.9 Å². The van der Waals surface area contributed by atoms with Gasteiger partial charge in [0, 0.05) is 25.9 Å². The summed E-state index contributed by atoms with van der Waals surface area (Å²) in [7, 11) is 0. The van der Waals surface area contributed by atoms with E-state index in [2.05, 4.69) is 20.6 Å². The number of hydrogen-bond donors (Lipinski definition) is 2. The van der Waals surface area contributed by atoms with E-state index in [0.717, 1.165) is 11.8 Å². The number of halogens is 3. The Balaban J connectivity index is 1.88. The zero-order valence-electron chi connectivity index (χ0n) is 14.6. The Morgan fingerprint density at radius 3 is 2.79 bits per heavy atom. The fourth-order valence-corrected chi connectivity index (χ4v) is 2.63. The van der Waals surface area contributed by atoms with E-state index >= 15 is 0 Å². The van der Waals surface area contributed by atoms with Gasteiger partial charge in [0.2, 0.25) is 3.79 Å². The second-order valence-corrected chi connectivity index (χ2v) is 7.94. The van der Waals surface area contributed by atoms with E-state index in [0.29, 0.717) is 5.82 Å². The molecule has 152 valence electrons. The van der Waals surface area contributed by atoms with E-state index in [1.165, 1.54) is 4.57 Å². The van der Waals surface area contributed by atoms with Gasteiger partial charge in [0.1, 0.15) is 25.5 Å². The highest BCUT2D eigenvalue weighted by molar-refractivity contribution is 6.68. The van der Waals surface area contributed by atoms with Gasteiger partial charge in [-0.05, 0) is 16.6 Å². The Bertz CT molecular complexity index is 812. The third-order valence-electron chi connectivity index (χ3n) is 3.59. The average molecular weight is 452 g/mol. The summed E-state index contributed by atoms with van der Waals surface area (Å²) in [6.45, 7) is 1.80. The van der Waals surface area contributed by atoms with Crippen LogP contribution >= 0.6 is 34.8 Å². The van der Waals surface area contributed by atoms with Crippen molar-refractivity contribution in [1.82, 2.24) is 25.2 Å². The second-order valence-electron chi connectivity index (χ2n) is 5.57. The fraction of sp³-hybridized carbons (Fsp3) is 0.400. The van der Waals surface area contributed by atoms with Gasteiger partial charge in [-0.2, -0.15) is 0 Å². The smallest absolute Gasteiger partial charge is 0.408 e. The number of carbonyl (C=O) groups excluding carboxylic acids is 1. The molecule has 2 heterocycles. The number of nitrogens with one attached hydrogen (secondary N) is 2. The topological polar surface area (TPSA) is 124 Å². The molecule has 2 aromatic rings. The van der Waals surface area contributed by atoms with Gasteiger partial charge in [0.25, 0.3) is 0 Å². The molecule has 0 saturated carbocycles. The second kappa shape index (κ2) is 9.87. The van der Waals surface area contributed by atoms with Gasteiger partial charge in [-0.25, -0.2) is 14.3 Å². The maximum atomic E-state index is 12.0. The number of rotatable bonds is 8. The summed E-state index contributed by atoms with van der Waals surface area (Å²) in [5, 5.41) is 16.2. The number of imidazole rings is 1. The summed E-state index contributed by atoms with van der Waals surface area (Å²) in [5.41, 5.74) is 0.819. The number of carbonyl (C=O) groups is 1. The van der Waals surface area contributed by atoms with Crippen molar-refractivity contribution < 1.29 is 14.5 Å². The lowest BCUT2D eigenvalue weighted by Gasteiger charge is -2.26. The molecule has 10 nitrogen and oxygen atoms in total. The van der Waals surface area contributed by atoms with Crippen LogP contribution in [0.1, 0.15) is 11.4 Å². The third kappa shape index (κ3) is 6.48. The van der Waals surface area contributed by atoms with Gasteiger partial charge in [0.05, 0.1) is 0 Å². The molecule has 1 atom stereocenters. The van der Waals surface area contributed by atoms with Crippen LogP contribution in [0.25, 0.3) is 0 Å². The number of pyridine rings is 1. The van der Waals surface area contributed by atoms with Gasteiger partial charge >= 0.3 is 11.9 Å². The van der Waals surface area contributed by atoms with Crippen LogP contribution in [-0.4, -0.2) is 42.1 Å². The van der Waals surface area contributed by atoms with E-state index in [-0.39, 0.29) is 25.5 Å². The number of aromatic nitrogens is 3. The molecule has 28 heavy (non-hydrogen) atoms. The quantitative estimate of drug-likeness (QED) is 0.274. The number of amides is 1. The Kier molecular flexibility index (Phi) is 7.81. The summed E-state index contributed by atoms with van der Waals surface area (Å²) in [6.07, 6.45) is 2.49. The van der Waals surface area contributed by atoms with Crippen molar-refractivity contribution in [1.29, 1.82) is 0 Å². The summed E-state index contributed by atoms with van der Waals surface area (Å²) in [4.78, 5) is 30.2. The molecule has 0 radical (unpaired) electrons. The number of hydrogen-bond acceptors (Lipinski definition) is 7. The minimum absolute atomic E-state index is 0.0527. The minimum atomic E-state index is -1.85. The maximum Gasteiger partial charge on any atom is 0.408 e. The predicted molar refractivity (Wildman–Crippen MR) is 103 cm³/mol. The average Bonchev–Trinajstić information content (AvgIpc) is 2.99. The Hall–Kier alpha value is -2.14. The van der Waals surface area contributed by atoms with Crippen LogP contribution in [0, 0.1) is 17.0 Å². The van der Waals surface area contributed by atoms with Crippen molar-refractivity contribution in [2.24, 2.45) is 0 Å². The van der Waals surface area contributed by atoms with Crippen LogP contribution in [0.3, 0.4) is 0 Å². The van der Waals surface area contributed by atoms with Crippen LogP contribution in [0.5, 0.6) is 0 Å². The maximum absolute atomic E-state index is 12.0. The zero-order chi connectivity index (χ0) is 20.7. The van der Waals surface area contributed by atoms with Crippen molar-refractivity contribution in [2.45, 2.75) is 30.0 Å². The van der Waals surface area contributed by atoms with Gasteiger partial charge in [-0.15, -0.1) is 0 Å². The molecule has 2 N–H and O–H groups in total. The molecule has 0 bridgehead atoms. The van der Waals surface area contributed by atoms with Crippen LogP contribution in [0.4, 0.5) is 10.6 Å².